The monoisotopic (exact) mass is 396 g/mol. The minimum Gasteiger partial charge on any atom is -0.507 e. The van der Waals surface area contributed by atoms with Crippen molar-refractivity contribution in [3.63, 3.8) is 0 Å². The van der Waals surface area contributed by atoms with Gasteiger partial charge < -0.3 is 10.2 Å². The van der Waals surface area contributed by atoms with E-state index < -0.39 is 0 Å². The maximum absolute atomic E-state index is 11.4. The Hall–Kier alpha value is -2.00. The van der Waals surface area contributed by atoms with Crippen LogP contribution in [0.15, 0.2) is 46.7 Å². The van der Waals surface area contributed by atoms with Crippen LogP contribution in [0.5, 0.6) is 11.5 Å². The number of phenolic OH excluding ortho intramolecular Hbond substituents is 2. The maximum atomic E-state index is 11.4. The van der Waals surface area contributed by atoms with Crippen LogP contribution in [0.4, 0.5) is 0 Å². The van der Waals surface area contributed by atoms with Gasteiger partial charge in [0.2, 0.25) is 0 Å². The first-order chi connectivity index (χ1) is 13.4. The Morgan fingerprint density at radius 3 is 2.71 bits per heavy atom. The van der Waals surface area contributed by atoms with Gasteiger partial charge >= 0.3 is 0 Å². The van der Waals surface area contributed by atoms with Gasteiger partial charge in [-0.2, -0.15) is 11.3 Å². The van der Waals surface area contributed by atoms with E-state index in [9.17, 15) is 10.2 Å². The third-order valence-corrected chi connectivity index (χ3v) is 6.66. The third kappa shape index (κ3) is 4.20. The Labute approximate surface area is 173 Å². The molecule has 0 fully saturated rings. The lowest BCUT2D eigenvalue weighted by atomic mass is 9.73. The molecule has 0 amide bonds. The number of phenols is 2. The Balaban J connectivity index is 2.15. The van der Waals surface area contributed by atoms with Crippen molar-refractivity contribution >= 4 is 11.3 Å². The molecule has 0 radical (unpaired) electrons. The van der Waals surface area contributed by atoms with E-state index in [1.165, 1.54) is 5.57 Å². The minimum atomic E-state index is -0.0340. The van der Waals surface area contributed by atoms with Crippen LogP contribution in [0, 0.1) is 5.92 Å². The zero-order valence-electron chi connectivity index (χ0n) is 17.3. The summed E-state index contributed by atoms with van der Waals surface area (Å²) in [6, 6.07) is 3.95. The molecule has 2 aromatic rings. The summed E-state index contributed by atoms with van der Waals surface area (Å²) in [6.07, 6.45) is 8.48. The lowest BCUT2D eigenvalue weighted by Crippen LogP contribution is -2.17. The van der Waals surface area contributed by atoms with Crippen molar-refractivity contribution in [2.45, 2.75) is 65.2 Å². The SMILES string of the molecule is C=C(C)C1CCC(C)=CC1c1c(O)cc(CCCCC)c(-c2ccsc2)c1O. The van der Waals surface area contributed by atoms with Gasteiger partial charge in [-0.15, -0.1) is 0 Å². The van der Waals surface area contributed by atoms with E-state index in [2.05, 4.69) is 44.9 Å². The van der Waals surface area contributed by atoms with Crippen molar-refractivity contribution in [2.75, 3.05) is 0 Å². The molecule has 0 saturated heterocycles. The molecule has 2 N–H and O–H groups in total. The molecule has 0 spiro atoms. The van der Waals surface area contributed by atoms with Crippen molar-refractivity contribution in [3.05, 3.63) is 57.8 Å². The molecule has 3 rings (SSSR count). The van der Waals surface area contributed by atoms with Gasteiger partial charge in [0.05, 0.1) is 0 Å². The van der Waals surface area contributed by atoms with Crippen LogP contribution < -0.4 is 0 Å². The highest BCUT2D eigenvalue weighted by Crippen LogP contribution is 2.50. The van der Waals surface area contributed by atoms with E-state index in [4.69, 9.17) is 0 Å². The molecule has 0 saturated carbocycles. The fraction of sp³-hybridized carbons (Fsp3) is 0.440. The molecule has 3 heteroatoms. The van der Waals surface area contributed by atoms with Crippen molar-refractivity contribution in [1.29, 1.82) is 0 Å². The number of unbranched alkanes of at least 4 members (excludes halogenated alkanes) is 2. The molecule has 1 aliphatic rings. The highest BCUT2D eigenvalue weighted by Gasteiger charge is 2.32. The van der Waals surface area contributed by atoms with Gasteiger partial charge in [-0.1, -0.05) is 43.6 Å². The lowest BCUT2D eigenvalue weighted by Gasteiger charge is -2.32. The molecule has 2 nitrogen and oxygen atoms in total. The molecule has 1 aromatic carbocycles. The van der Waals surface area contributed by atoms with Gasteiger partial charge in [0, 0.05) is 17.0 Å². The van der Waals surface area contributed by atoms with Gasteiger partial charge in [0.25, 0.3) is 0 Å². The van der Waals surface area contributed by atoms with Gasteiger partial charge in [0.1, 0.15) is 11.5 Å². The molecule has 2 unspecified atom stereocenters. The van der Waals surface area contributed by atoms with Crippen molar-refractivity contribution in [1.82, 2.24) is 0 Å². The first kappa shape index (κ1) is 20.7. The summed E-state index contributed by atoms with van der Waals surface area (Å²) in [7, 11) is 0. The first-order valence-electron chi connectivity index (χ1n) is 10.4. The third-order valence-electron chi connectivity index (χ3n) is 5.97. The van der Waals surface area contributed by atoms with Crippen LogP contribution in [0.1, 0.15) is 69.9 Å². The zero-order valence-corrected chi connectivity index (χ0v) is 18.1. The highest BCUT2D eigenvalue weighted by molar-refractivity contribution is 7.08. The predicted octanol–water partition coefficient (Wildman–Crippen LogP) is 7.58. The van der Waals surface area contributed by atoms with E-state index in [-0.39, 0.29) is 23.3 Å². The molecular weight excluding hydrogens is 364 g/mol. The van der Waals surface area contributed by atoms with Crippen LogP contribution in [-0.2, 0) is 6.42 Å². The zero-order chi connectivity index (χ0) is 20.3. The van der Waals surface area contributed by atoms with Gasteiger partial charge in [0.15, 0.2) is 0 Å². The largest absolute Gasteiger partial charge is 0.507 e. The number of aryl methyl sites for hydroxylation is 1. The van der Waals surface area contributed by atoms with E-state index in [0.29, 0.717) is 5.56 Å². The average molecular weight is 397 g/mol. The number of hydrogen-bond acceptors (Lipinski definition) is 3. The molecule has 1 aliphatic carbocycles. The van der Waals surface area contributed by atoms with Gasteiger partial charge in [-0.25, -0.2) is 0 Å². The van der Waals surface area contributed by atoms with Crippen LogP contribution in [-0.4, -0.2) is 10.2 Å². The van der Waals surface area contributed by atoms with E-state index in [0.717, 1.165) is 60.8 Å². The lowest BCUT2D eigenvalue weighted by molar-refractivity contribution is 0.407. The van der Waals surface area contributed by atoms with E-state index in [1.54, 1.807) is 11.3 Å². The number of aromatic hydroxyl groups is 2. The van der Waals surface area contributed by atoms with E-state index in [1.807, 2.05) is 11.4 Å². The molecule has 2 atom stereocenters. The maximum Gasteiger partial charge on any atom is 0.131 e. The molecule has 1 aromatic heterocycles. The van der Waals surface area contributed by atoms with Crippen LogP contribution >= 0.6 is 11.3 Å². The minimum absolute atomic E-state index is 0.0340. The quantitative estimate of drug-likeness (QED) is 0.374. The number of thiophene rings is 1. The average Bonchev–Trinajstić information content (AvgIpc) is 3.15. The van der Waals surface area contributed by atoms with Crippen LogP contribution in [0.25, 0.3) is 11.1 Å². The molecule has 150 valence electrons. The predicted molar refractivity (Wildman–Crippen MR) is 120 cm³/mol. The Bertz CT molecular complexity index is 861. The summed E-state index contributed by atoms with van der Waals surface area (Å²) in [4.78, 5) is 0. The van der Waals surface area contributed by atoms with Crippen molar-refractivity contribution in [2.24, 2.45) is 5.92 Å². The number of benzene rings is 1. The molecule has 0 bridgehead atoms. The summed E-state index contributed by atoms with van der Waals surface area (Å²) < 4.78 is 0. The van der Waals surface area contributed by atoms with Crippen molar-refractivity contribution in [3.8, 4) is 22.6 Å². The standard InChI is InChI=1S/C25H32O2S/c1-5-6-7-8-18-14-22(26)24(25(27)23(18)19-11-12-28-15-19)21-13-17(4)9-10-20(21)16(2)3/h11-15,20-21,26-27H,2,5-10H2,1,3-4H3. The molecule has 28 heavy (non-hydrogen) atoms. The Morgan fingerprint density at radius 2 is 2.07 bits per heavy atom. The smallest absolute Gasteiger partial charge is 0.131 e. The summed E-state index contributed by atoms with van der Waals surface area (Å²) in [5.41, 5.74) is 6.05. The van der Waals surface area contributed by atoms with Gasteiger partial charge in [-0.3, -0.25) is 0 Å². The Morgan fingerprint density at radius 1 is 1.29 bits per heavy atom. The van der Waals surface area contributed by atoms with Gasteiger partial charge in [-0.05, 0) is 79.5 Å². The second-order valence-corrected chi connectivity index (χ2v) is 8.97. The van der Waals surface area contributed by atoms with Crippen molar-refractivity contribution < 1.29 is 10.2 Å². The van der Waals surface area contributed by atoms with E-state index >= 15 is 0 Å². The highest BCUT2D eigenvalue weighted by atomic mass is 32.1. The molecule has 1 heterocycles. The summed E-state index contributed by atoms with van der Waals surface area (Å²) >= 11 is 1.63. The second kappa shape index (κ2) is 9.00. The van der Waals surface area contributed by atoms with Crippen LogP contribution in [0.3, 0.4) is 0 Å². The summed E-state index contributed by atoms with van der Waals surface area (Å²) in [6.45, 7) is 10.6. The number of rotatable bonds is 7. The summed E-state index contributed by atoms with van der Waals surface area (Å²) in [5, 5.41) is 26.5. The number of hydrogen-bond donors (Lipinski definition) is 2. The topological polar surface area (TPSA) is 40.5 Å². The number of allylic oxidation sites excluding steroid dienone is 3. The molecule has 0 aliphatic heterocycles. The second-order valence-electron chi connectivity index (χ2n) is 8.19. The first-order valence-corrected chi connectivity index (χ1v) is 11.3. The molecular formula is C25H32O2S. The van der Waals surface area contributed by atoms with Crippen LogP contribution in [0.2, 0.25) is 0 Å². The normalized spacial score (nSPS) is 19.5. The Kier molecular flexibility index (Phi) is 6.66. The fourth-order valence-electron chi connectivity index (χ4n) is 4.45. The summed E-state index contributed by atoms with van der Waals surface area (Å²) in [5.74, 6) is 0.660. The fourth-order valence-corrected chi connectivity index (χ4v) is 5.10.